The highest BCUT2D eigenvalue weighted by atomic mass is 14.9. The highest BCUT2D eigenvalue weighted by Crippen LogP contribution is 2.18. The third kappa shape index (κ3) is 5.33. The Morgan fingerprint density at radius 3 is 2.29 bits per heavy atom. The van der Waals surface area contributed by atoms with Crippen LogP contribution in [0, 0.1) is 11.3 Å². The van der Waals surface area contributed by atoms with Crippen LogP contribution in [0.1, 0.15) is 39.3 Å². The van der Waals surface area contributed by atoms with Crippen LogP contribution in [-0.2, 0) is 0 Å². The Balaban J connectivity index is 2.40. The summed E-state index contributed by atoms with van der Waals surface area (Å²) in [7, 11) is 0. The lowest BCUT2D eigenvalue weighted by molar-refractivity contribution is 0.348. The third-order valence-corrected chi connectivity index (χ3v) is 2.92. The molecule has 2 atom stereocenters. The second-order valence-electron chi connectivity index (χ2n) is 6.11. The summed E-state index contributed by atoms with van der Waals surface area (Å²) >= 11 is 0. The highest BCUT2D eigenvalue weighted by Gasteiger charge is 2.15. The van der Waals surface area contributed by atoms with Gasteiger partial charge in [-0.15, -0.1) is 0 Å². The summed E-state index contributed by atoms with van der Waals surface area (Å²) in [6.07, 6.45) is 0. The van der Waals surface area contributed by atoms with Gasteiger partial charge in [0.2, 0.25) is 0 Å². The van der Waals surface area contributed by atoms with Gasteiger partial charge in [-0.3, -0.25) is 0 Å². The number of hydrogen-bond acceptors (Lipinski definition) is 2. The zero-order valence-corrected chi connectivity index (χ0v) is 11.5. The second-order valence-corrected chi connectivity index (χ2v) is 6.11. The van der Waals surface area contributed by atoms with Gasteiger partial charge in [0, 0.05) is 12.6 Å². The molecule has 0 aromatic heterocycles. The minimum absolute atomic E-state index is 0.115. The highest BCUT2D eigenvalue weighted by molar-refractivity contribution is 5.19. The van der Waals surface area contributed by atoms with Crippen LogP contribution in [0.2, 0.25) is 0 Å². The number of hydrogen-bond donors (Lipinski definition) is 2. The Morgan fingerprint density at radius 1 is 1.18 bits per heavy atom. The van der Waals surface area contributed by atoms with Crippen molar-refractivity contribution in [3.05, 3.63) is 35.9 Å². The predicted molar refractivity (Wildman–Crippen MR) is 74.9 cm³/mol. The van der Waals surface area contributed by atoms with Crippen molar-refractivity contribution in [3.8, 4) is 0 Å². The van der Waals surface area contributed by atoms with Gasteiger partial charge >= 0.3 is 0 Å². The molecule has 0 spiro atoms. The largest absolute Gasteiger partial charge is 0.324 e. The molecule has 3 N–H and O–H groups in total. The van der Waals surface area contributed by atoms with Crippen LogP contribution >= 0.6 is 0 Å². The Morgan fingerprint density at radius 2 is 1.76 bits per heavy atom. The first kappa shape index (κ1) is 14.2. The average Bonchev–Trinajstić information content (AvgIpc) is 2.27. The molecule has 1 aromatic rings. The van der Waals surface area contributed by atoms with Crippen molar-refractivity contribution in [2.24, 2.45) is 17.1 Å². The van der Waals surface area contributed by atoms with E-state index in [1.54, 1.807) is 0 Å². The fourth-order valence-corrected chi connectivity index (χ4v) is 1.81. The molecule has 0 saturated carbocycles. The summed E-state index contributed by atoms with van der Waals surface area (Å²) in [6, 6.07) is 10.4. The number of nitrogens with two attached hydrogens (primary N) is 1. The van der Waals surface area contributed by atoms with Crippen LogP contribution in [0.3, 0.4) is 0 Å². The van der Waals surface area contributed by atoms with Crippen molar-refractivity contribution < 1.29 is 0 Å². The first-order valence-electron chi connectivity index (χ1n) is 6.41. The van der Waals surface area contributed by atoms with E-state index in [1.165, 1.54) is 5.56 Å². The first-order chi connectivity index (χ1) is 7.90. The molecular formula is C15H26N2. The smallest absolute Gasteiger partial charge is 0.0333 e. The van der Waals surface area contributed by atoms with Crippen molar-refractivity contribution >= 4 is 0 Å². The SMILES string of the molecule is C[C@@H](CNCC(C)(C)C)[C@@H](N)c1ccccc1. The van der Waals surface area contributed by atoms with Crippen LogP contribution in [0.15, 0.2) is 30.3 Å². The summed E-state index contributed by atoms with van der Waals surface area (Å²) in [5.74, 6) is 0.444. The maximum absolute atomic E-state index is 6.25. The van der Waals surface area contributed by atoms with E-state index in [0.29, 0.717) is 11.3 Å². The molecule has 0 heterocycles. The van der Waals surface area contributed by atoms with Crippen molar-refractivity contribution in [1.82, 2.24) is 5.32 Å². The molecule has 0 unspecified atom stereocenters. The van der Waals surface area contributed by atoms with Gasteiger partial charge in [0.05, 0.1) is 0 Å². The zero-order chi connectivity index (χ0) is 12.9. The van der Waals surface area contributed by atoms with Gasteiger partial charge in [-0.05, 0) is 23.4 Å². The average molecular weight is 234 g/mol. The van der Waals surface area contributed by atoms with Crippen molar-refractivity contribution in [2.45, 2.75) is 33.7 Å². The van der Waals surface area contributed by atoms with Crippen molar-refractivity contribution in [3.63, 3.8) is 0 Å². The Labute approximate surface area is 106 Å². The van der Waals surface area contributed by atoms with E-state index in [0.717, 1.165) is 13.1 Å². The molecule has 2 heteroatoms. The van der Waals surface area contributed by atoms with Crippen LogP contribution in [0.5, 0.6) is 0 Å². The van der Waals surface area contributed by atoms with Gasteiger partial charge < -0.3 is 11.1 Å². The van der Waals surface area contributed by atoms with Gasteiger partial charge in [0.1, 0.15) is 0 Å². The number of nitrogens with one attached hydrogen (secondary N) is 1. The first-order valence-corrected chi connectivity index (χ1v) is 6.41. The molecule has 0 aliphatic carbocycles. The summed E-state index contributed by atoms with van der Waals surface area (Å²) < 4.78 is 0. The number of benzene rings is 1. The quantitative estimate of drug-likeness (QED) is 0.822. The van der Waals surface area contributed by atoms with Crippen molar-refractivity contribution in [2.75, 3.05) is 13.1 Å². The Hall–Kier alpha value is -0.860. The van der Waals surface area contributed by atoms with E-state index in [2.05, 4.69) is 45.1 Å². The summed E-state index contributed by atoms with van der Waals surface area (Å²) in [5, 5.41) is 3.50. The maximum Gasteiger partial charge on any atom is 0.0333 e. The predicted octanol–water partition coefficient (Wildman–Crippen LogP) is 2.96. The van der Waals surface area contributed by atoms with E-state index >= 15 is 0 Å². The van der Waals surface area contributed by atoms with Crippen molar-refractivity contribution in [1.29, 1.82) is 0 Å². The second kappa shape index (κ2) is 6.18. The van der Waals surface area contributed by atoms with E-state index in [4.69, 9.17) is 5.73 Å². The van der Waals surface area contributed by atoms with E-state index in [-0.39, 0.29) is 6.04 Å². The van der Waals surface area contributed by atoms with Crippen LogP contribution in [0.4, 0.5) is 0 Å². The molecule has 0 bridgehead atoms. The molecule has 17 heavy (non-hydrogen) atoms. The molecule has 1 aromatic carbocycles. The molecule has 0 aliphatic rings. The molecule has 0 fully saturated rings. The summed E-state index contributed by atoms with van der Waals surface area (Å²) in [5.41, 5.74) is 7.80. The molecular weight excluding hydrogens is 208 g/mol. The fraction of sp³-hybridized carbons (Fsp3) is 0.600. The lowest BCUT2D eigenvalue weighted by atomic mass is 9.94. The van der Waals surface area contributed by atoms with Crippen LogP contribution in [0.25, 0.3) is 0 Å². The molecule has 0 radical (unpaired) electrons. The van der Waals surface area contributed by atoms with Gasteiger partial charge in [0.15, 0.2) is 0 Å². The molecule has 0 aliphatic heterocycles. The van der Waals surface area contributed by atoms with Gasteiger partial charge in [-0.25, -0.2) is 0 Å². The van der Waals surface area contributed by atoms with Gasteiger partial charge in [0.25, 0.3) is 0 Å². The van der Waals surface area contributed by atoms with E-state index < -0.39 is 0 Å². The molecule has 0 saturated heterocycles. The molecule has 1 rings (SSSR count). The maximum atomic E-state index is 6.25. The third-order valence-electron chi connectivity index (χ3n) is 2.92. The molecule has 96 valence electrons. The zero-order valence-electron chi connectivity index (χ0n) is 11.5. The summed E-state index contributed by atoms with van der Waals surface area (Å²) in [6.45, 7) is 10.9. The lowest BCUT2D eigenvalue weighted by Crippen LogP contribution is -2.34. The van der Waals surface area contributed by atoms with Gasteiger partial charge in [-0.2, -0.15) is 0 Å². The van der Waals surface area contributed by atoms with E-state index in [9.17, 15) is 0 Å². The molecule has 2 nitrogen and oxygen atoms in total. The van der Waals surface area contributed by atoms with Gasteiger partial charge in [-0.1, -0.05) is 58.0 Å². The lowest BCUT2D eigenvalue weighted by Gasteiger charge is -2.24. The summed E-state index contributed by atoms with van der Waals surface area (Å²) in [4.78, 5) is 0. The Bertz CT molecular complexity index is 313. The van der Waals surface area contributed by atoms with Crippen LogP contribution < -0.4 is 11.1 Å². The minimum Gasteiger partial charge on any atom is -0.324 e. The van der Waals surface area contributed by atoms with Crippen LogP contribution in [-0.4, -0.2) is 13.1 Å². The monoisotopic (exact) mass is 234 g/mol. The topological polar surface area (TPSA) is 38.0 Å². The number of rotatable bonds is 5. The normalized spacial score (nSPS) is 15.6. The molecule has 0 amide bonds. The minimum atomic E-state index is 0.115. The standard InChI is InChI=1S/C15H26N2/c1-12(10-17-11-15(2,3)4)14(16)13-8-6-5-7-9-13/h5-9,12,14,17H,10-11,16H2,1-4H3/t12-,14+/m0/s1. The Kier molecular flexibility index (Phi) is 5.16. The fourth-order valence-electron chi connectivity index (χ4n) is 1.81. The van der Waals surface area contributed by atoms with E-state index in [1.807, 2.05) is 18.2 Å².